The Kier molecular flexibility index (Phi) is 6.87. The fourth-order valence-corrected chi connectivity index (χ4v) is 3.21. The minimum Gasteiger partial charge on any atom is -0.467 e. The van der Waals surface area contributed by atoms with E-state index in [1.807, 2.05) is 6.26 Å². The van der Waals surface area contributed by atoms with Crippen LogP contribution in [0.4, 0.5) is 5.69 Å². The molecule has 1 aromatic heterocycles. The van der Waals surface area contributed by atoms with E-state index in [0.717, 1.165) is 4.90 Å². The predicted molar refractivity (Wildman–Crippen MR) is 112 cm³/mol. The molecule has 0 fully saturated rings. The summed E-state index contributed by atoms with van der Waals surface area (Å²) in [7, 11) is 0. The van der Waals surface area contributed by atoms with E-state index in [1.165, 1.54) is 30.2 Å². The Morgan fingerprint density at radius 1 is 1.03 bits per heavy atom. The first-order valence-electron chi connectivity index (χ1n) is 8.98. The molecule has 3 rings (SSSR count). The van der Waals surface area contributed by atoms with E-state index >= 15 is 0 Å². The van der Waals surface area contributed by atoms with E-state index in [0.29, 0.717) is 16.9 Å². The van der Waals surface area contributed by atoms with Gasteiger partial charge < -0.3 is 15.1 Å². The second kappa shape index (κ2) is 9.75. The van der Waals surface area contributed by atoms with Crippen molar-refractivity contribution < 1.29 is 18.9 Å². The van der Waals surface area contributed by atoms with E-state index in [-0.39, 0.29) is 30.2 Å². The third kappa shape index (κ3) is 5.26. The zero-order valence-corrected chi connectivity index (χ0v) is 16.9. The van der Waals surface area contributed by atoms with Crippen molar-refractivity contribution in [1.29, 1.82) is 0 Å². The largest absolute Gasteiger partial charge is 0.467 e. The maximum Gasteiger partial charge on any atom is 0.282 e. The van der Waals surface area contributed by atoms with Gasteiger partial charge in [-0.3, -0.25) is 19.7 Å². The van der Waals surface area contributed by atoms with E-state index in [1.54, 1.807) is 42.5 Å². The number of benzene rings is 2. The number of nitro groups is 1. The summed E-state index contributed by atoms with van der Waals surface area (Å²) < 4.78 is 5.18. The highest BCUT2D eigenvalue weighted by Crippen LogP contribution is 2.24. The summed E-state index contributed by atoms with van der Waals surface area (Å²) in [5.74, 6) is -0.186. The molecule has 2 aromatic carbocycles. The molecule has 0 radical (unpaired) electrons. The second-order valence-corrected chi connectivity index (χ2v) is 7.16. The Hall–Kier alpha value is -3.59. The van der Waals surface area contributed by atoms with Crippen LogP contribution in [-0.4, -0.2) is 23.0 Å². The van der Waals surface area contributed by atoms with Gasteiger partial charge in [-0.05, 0) is 48.2 Å². The highest BCUT2D eigenvalue weighted by atomic mass is 32.2. The van der Waals surface area contributed by atoms with Crippen LogP contribution in [-0.2, 0) is 13.1 Å². The van der Waals surface area contributed by atoms with E-state index in [2.05, 4.69) is 10.6 Å². The average Bonchev–Trinajstić information content (AvgIpc) is 3.29. The fourth-order valence-electron chi connectivity index (χ4n) is 2.77. The Labute approximate surface area is 176 Å². The normalized spacial score (nSPS) is 10.4. The van der Waals surface area contributed by atoms with Crippen molar-refractivity contribution in [2.75, 3.05) is 6.26 Å². The Balaban J connectivity index is 1.66. The molecule has 154 valence electrons. The number of amides is 2. The number of thioether (sulfide) groups is 1. The lowest BCUT2D eigenvalue weighted by Gasteiger charge is -2.09. The van der Waals surface area contributed by atoms with Gasteiger partial charge in [0, 0.05) is 23.1 Å². The minimum absolute atomic E-state index is 0.000745. The van der Waals surface area contributed by atoms with Gasteiger partial charge >= 0.3 is 0 Å². The SMILES string of the molecule is CSc1ccc([N+](=O)[O-])c(C(=O)NCc2cccc(C(=O)NCc3ccco3)c2)c1. The number of nitro benzene ring substituents is 1. The van der Waals surface area contributed by atoms with Crippen molar-refractivity contribution in [3.05, 3.63) is 93.4 Å². The third-order valence-electron chi connectivity index (χ3n) is 4.29. The number of hydrogen-bond acceptors (Lipinski definition) is 6. The zero-order valence-electron chi connectivity index (χ0n) is 16.1. The summed E-state index contributed by atoms with van der Waals surface area (Å²) in [4.78, 5) is 36.3. The van der Waals surface area contributed by atoms with Crippen molar-refractivity contribution >= 4 is 29.3 Å². The van der Waals surface area contributed by atoms with Crippen molar-refractivity contribution in [2.24, 2.45) is 0 Å². The van der Waals surface area contributed by atoms with Gasteiger partial charge in [0.15, 0.2) is 0 Å². The molecule has 0 atom stereocenters. The number of carbonyl (C=O) groups is 2. The molecule has 30 heavy (non-hydrogen) atoms. The van der Waals surface area contributed by atoms with Crippen molar-refractivity contribution in [2.45, 2.75) is 18.0 Å². The molecular formula is C21H19N3O5S. The first-order valence-corrected chi connectivity index (χ1v) is 10.2. The van der Waals surface area contributed by atoms with E-state index in [4.69, 9.17) is 4.42 Å². The maximum atomic E-state index is 12.5. The third-order valence-corrected chi connectivity index (χ3v) is 5.02. The van der Waals surface area contributed by atoms with Gasteiger partial charge in [0.2, 0.25) is 0 Å². The molecule has 9 heteroatoms. The minimum atomic E-state index is -0.580. The van der Waals surface area contributed by atoms with Gasteiger partial charge in [0.25, 0.3) is 17.5 Å². The van der Waals surface area contributed by atoms with Crippen LogP contribution in [0.3, 0.4) is 0 Å². The molecule has 0 bridgehead atoms. The monoisotopic (exact) mass is 425 g/mol. The van der Waals surface area contributed by atoms with Gasteiger partial charge in [-0.2, -0.15) is 0 Å². The van der Waals surface area contributed by atoms with Gasteiger partial charge in [-0.1, -0.05) is 12.1 Å². The molecular weight excluding hydrogens is 406 g/mol. The van der Waals surface area contributed by atoms with Crippen molar-refractivity contribution in [3.8, 4) is 0 Å². The van der Waals surface area contributed by atoms with Gasteiger partial charge in [0.05, 0.1) is 17.7 Å². The Morgan fingerprint density at radius 2 is 1.83 bits per heavy atom. The Bertz CT molecular complexity index is 1070. The first-order chi connectivity index (χ1) is 14.5. The van der Waals surface area contributed by atoms with Crippen LogP contribution in [0.5, 0.6) is 0 Å². The number of carbonyl (C=O) groups excluding carboxylic acids is 2. The van der Waals surface area contributed by atoms with E-state index in [9.17, 15) is 19.7 Å². The molecule has 0 aliphatic carbocycles. The molecule has 0 saturated heterocycles. The molecule has 8 nitrogen and oxygen atoms in total. The lowest BCUT2D eigenvalue weighted by molar-refractivity contribution is -0.385. The summed E-state index contributed by atoms with van der Waals surface area (Å²) in [5, 5.41) is 16.7. The van der Waals surface area contributed by atoms with Crippen LogP contribution < -0.4 is 10.6 Å². The topological polar surface area (TPSA) is 114 Å². The van der Waals surface area contributed by atoms with Crippen molar-refractivity contribution in [3.63, 3.8) is 0 Å². The summed E-state index contributed by atoms with van der Waals surface area (Å²) >= 11 is 1.39. The van der Waals surface area contributed by atoms with Crippen LogP contribution in [0.1, 0.15) is 32.0 Å². The molecule has 0 unspecified atom stereocenters. The quantitative estimate of drug-likeness (QED) is 0.323. The van der Waals surface area contributed by atoms with Gasteiger partial charge in [-0.25, -0.2) is 0 Å². The molecule has 0 aliphatic rings. The Morgan fingerprint density at radius 3 is 2.53 bits per heavy atom. The number of nitrogens with one attached hydrogen (secondary N) is 2. The zero-order chi connectivity index (χ0) is 21.5. The first kappa shape index (κ1) is 21.1. The van der Waals surface area contributed by atoms with Gasteiger partial charge in [0.1, 0.15) is 11.3 Å². The fraction of sp³-hybridized carbons (Fsp3) is 0.143. The summed E-state index contributed by atoms with van der Waals surface area (Å²) in [6.07, 6.45) is 3.36. The smallest absolute Gasteiger partial charge is 0.282 e. The number of furan rings is 1. The molecule has 3 aromatic rings. The standard InChI is InChI=1S/C21H19N3O5S/c1-30-17-7-8-19(24(27)28)18(11-17)21(26)22-12-14-4-2-5-15(10-14)20(25)23-13-16-6-3-9-29-16/h2-11H,12-13H2,1H3,(H,22,26)(H,23,25). The molecule has 2 amide bonds. The maximum absolute atomic E-state index is 12.5. The second-order valence-electron chi connectivity index (χ2n) is 6.29. The highest BCUT2D eigenvalue weighted by Gasteiger charge is 2.20. The van der Waals surface area contributed by atoms with Crippen LogP contribution in [0, 0.1) is 10.1 Å². The van der Waals surface area contributed by atoms with E-state index < -0.39 is 10.8 Å². The number of hydrogen-bond donors (Lipinski definition) is 2. The highest BCUT2D eigenvalue weighted by molar-refractivity contribution is 7.98. The van der Waals surface area contributed by atoms with Crippen LogP contribution in [0.25, 0.3) is 0 Å². The predicted octanol–water partition coefficient (Wildman–Crippen LogP) is 3.77. The molecule has 2 N–H and O–H groups in total. The van der Waals surface area contributed by atoms with Crippen LogP contribution in [0.15, 0.2) is 70.2 Å². The van der Waals surface area contributed by atoms with Gasteiger partial charge in [-0.15, -0.1) is 11.8 Å². The number of rotatable bonds is 8. The van der Waals surface area contributed by atoms with Crippen molar-refractivity contribution in [1.82, 2.24) is 10.6 Å². The molecule has 0 spiro atoms. The summed E-state index contributed by atoms with van der Waals surface area (Å²) in [5.41, 5.74) is 0.872. The van der Waals surface area contributed by atoms with Crippen LogP contribution in [0.2, 0.25) is 0 Å². The lowest BCUT2D eigenvalue weighted by atomic mass is 10.1. The average molecular weight is 425 g/mol. The molecule has 0 saturated carbocycles. The summed E-state index contributed by atoms with van der Waals surface area (Å²) in [6, 6.07) is 14.7. The van der Waals surface area contributed by atoms with Crippen LogP contribution >= 0.6 is 11.8 Å². The lowest BCUT2D eigenvalue weighted by Crippen LogP contribution is -2.25. The molecule has 1 heterocycles. The number of nitrogens with zero attached hydrogens (tertiary/aromatic N) is 1. The summed E-state index contributed by atoms with van der Waals surface area (Å²) in [6.45, 7) is 0.390. The molecule has 0 aliphatic heterocycles.